The number of benzene rings is 3. The second kappa shape index (κ2) is 6.11. The van der Waals surface area contributed by atoms with Crippen molar-refractivity contribution in [2.75, 3.05) is 0 Å². The minimum Gasteiger partial charge on any atom is -0.354 e. The topological polar surface area (TPSA) is 28.7 Å². The van der Waals surface area contributed by atoms with E-state index in [4.69, 9.17) is 0 Å². The van der Waals surface area contributed by atoms with Gasteiger partial charge in [-0.25, -0.2) is 4.98 Å². The van der Waals surface area contributed by atoms with Crippen molar-refractivity contribution in [1.82, 2.24) is 9.97 Å². The third-order valence-electron chi connectivity index (χ3n) is 4.73. The number of nitrogens with zero attached hydrogens (tertiary/aromatic N) is 1. The van der Waals surface area contributed by atoms with Crippen LogP contribution in [-0.4, -0.2) is 9.97 Å². The second-order valence-electron chi connectivity index (χ2n) is 6.33. The Kier molecular flexibility index (Phi) is 3.61. The van der Waals surface area contributed by atoms with E-state index in [1.807, 2.05) is 18.2 Å². The molecule has 0 atom stereocenters. The Morgan fingerprint density at radius 1 is 0.692 bits per heavy atom. The molecule has 0 aliphatic rings. The molecule has 1 N–H and O–H groups in total. The number of hydrogen-bond donors (Lipinski definition) is 1. The molecule has 0 radical (unpaired) electrons. The van der Waals surface area contributed by atoms with Crippen LogP contribution in [0, 0.1) is 0 Å². The molecule has 0 unspecified atom stereocenters. The van der Waals surface area contributed by atoms with E-state index in [0.717, 1.165) is 15.9 Å². The van der Waals surface area contributed by atoms with Gasteiger partial charge in [-0.15, -0.1) is 0 Å². The van der Waals surface area contributed by atoms with Crippen molar-refractivity contribution in [3.05, 3.63) is 89.5 Å². The van der Waals surface area contributed by atoms with Gasteiger partial charge in [0.15, 0.2) is 0 Å². The monoisotopic (exact) mass is 398 g/mol. The van der Waals surface area contributed by atoms with Crippen molar-refractivity contribution in [2.24, 2.45) is 0 Å². The van der Waals surface area contributed by atoms with Gasteiger partial charge in [-0.3, -0.25) is 0 Å². The van der Waals surface area contributed by atoms with Crippen LogP contribution in [0.25, 0.3) is 44.2 Å². The van der Waals surface area contributed by atoms with Crippen LogP contribution in [0.2, 0.25) is 0 Å². The number of aromatic amines is 1. The SMILES string of the molecule is Brc1cccc(-c2cccc(-c3cccc4c3[nH]c3ccccc34)c2)n1. The highest BCUT2D eigenvalue weighted by atomic mass is 79.9. The van der Waals surface area contributed by atoms with Crippen LogP contribution < -0.4 is 0 Å². The number of H-pyrrole nitrogens is 1. The lowest BCUT2D eigenvalue weighted by Gasteiger charge is -2.07. The number of nitrogens with one attached hydrogen (secondary N) is 1. The quantitative estimate of drug-likeness (QED) is 0.325. The summed E-state index contributed by atoms with van der Waals surface area (Å²) in [6.45, 7) is 0. The second-order valence-corrected chi connectivity index (χ2v) is 7.14. The molecule has 0 aliphatic carbocycles. The standard InChI is InChI=1S/C23H15BrN2/c24-22-13-5-12-20(25-22)16-7-3-6-15(14-16)17-9-4-10-19-18-8-1-2-11-21(18)26-23(17)19/h1-14,26H. The zero-order chi connectivity index (χ0) is 17.5. The summed E-state index contributed by atoms with van der Waals surface area (Å²) in [6.07, 6.45) is 0. The van der Waals surface area contributed by atoms with Crippen LogP contribution in [0.5, 0.6) is 0 Å². The van der Waals surface area contributed by atoms with Gasteiger partial charge in [0.25, 0.3) is 0 Å². The summed E-state index contributed by atoms with van der Waals surface area (Å²) in [4.78, 5) is 8.17. The molecular formula is C23H15BrN2. The number of hydrogen-bond acceptors (Lipinski definition) is 1. The van der Waals surface area contributed by atoms with E-state index < -0.39 is 0 Å². The third-order valence-corrected chi connectivity index (χ3v) is 5.17. The molecule has 0 bridgehead atoms. The molecular weight excluding hydrogens is 384 g/mol. The first kappa shape index (κ1) is 15.4. The summed E-state index contributed by atoms with van der Waals surface area (Å²) >= 11 is 3.46. The van der Waals surface area contributed by atoms with E-state index in [-0.39, 0.29) is 0 Å². The van der Waals surface area contributed by atoms with Gasteiger partial charge in [0.2, 0.25) is 0 Å². The van der Waals surface area contributed by atoms with E-state index in [1.165, 1.54) is 32.9 Å². The summed E-state index contributed by atoms with van der Waals surface area (Å²) in [6, 6.07) is 29.5. The lowest BCUT2D eigenvalue weighted by atomic mass is 9.99. The average Bonchev–Trinajstić information content (AvgIpc) is 3.07. The van der Waals surface area contributed by atoms with Gasteiger partial charge >= 0.3 is 0 Å². The Hall–Kier alpha value is -2.91. The molecule has 0 saturated carbocycles. The van der Waals surface area contributed by atoms with Crippen molar-refractivity contribution in [3.63, 3.8) is 0 Å². The van der Waals surface area contributed by atoms with E-state index in [0.29, 0.717) is 0 Å². The van der Waals surface area contributed by atoms with Crippen LogP contribution in [-0.2, 0) is 0 Å². The summed E-state index contributed by atoms with van der Waals surface area (Å²) in [5.41, 5.74) is 6.80. The highest BCUT2D eigenvalue weighted by molar-refractivity contribution is 9.10. The maximum atomic E-state index is 4.58. The molecule has 124 valence electrons. The van der Waals surface area contributed by atoms with Crippen molar-refractivity contribution in [2.45, 2.75) is 0 Å². The first-order chi connectivity index (χ1) is 12.8. The molecule has 5 rings (SSSR count). The van der Waals surface area contributed by atoms with Crippen molar-refractivity contribution in [1.29, 1.82) is 0 Å². The molecule has 0 amide bonds. The van der Waals surface area contributed by atoms with Gasteiger partial charge in [-0.2, -0.15) is 0 Å². The van der Waals surface area contributed by atoms with Crippen LogP contribution in [0.1, 0.15) is 0 Å². The fraction of sp³-hybridized carbons (Fsp3) is 0. The van der Waals surface area contributed by atoms with Crippen molar-refractivity contribution in [3.8, 4) is 22.4 Å². The lowest BCUT2D eigenvalue weighted by Crippen LogP contribution is -1.86. The normalized spacial score (nSPS) is 11.3. The van der Waals surface area contributed by atoms with Crippen LogP contribution in [0.3, 0.4) is 0 Å². The minimum atomic E-state index is 0.845. The Balaban J connectivity index is 1.72. The smallest absolute Gasteiger partial charge is 0.106 e. The molecule has 0 aliphatic heterocycles. The zero-order valence-electron chi connectivity index (χ0n) is 13.9. The summed E-state index contributed by atoms with van der Waals surface area (Å²) in [7, 11) is 0. The molecule has 26 heavy (non-hydrogen) atoms. The summed E-state index contributed by atoms with van der Waals surface area (Å²) in [5.74, 6) is 0. The minimum absolute atomic E-state index is 0.845. The predicted molar refractivity (Wildman–Crippen MR) is 112 cm³/mol. The fourth-order valence-electron chi connectivity index (χ4n) is 3.53. The summed E-state index contributed by atoms with van der Waals surface area (Å²) < 4.78 is 0.845. The van der Waals surface area contributed by atoms with Gasteiger partial charge in [-0.05, 0) is 45.8 Å². The molecule has 0 spiro atoms. The first-order valence-electron chi connectivity index (χ1n) is 8.52. The van der Waals surface area contributed by atoms with Gasteiger partial charge < -0.3 is 4.98 Å². The average molecular weight is 399 g/mol. The summed E-state index contributed by atoms with van der Waals surface area (Å²) in [5, 5.41) is 2.51. The highest BCUT2D eigenvalue weighted by Crippen LogP contribution is 2.34. The van der Waals surface area contributed by atoms with E-state index in [2.05, 4.69) is 92.6 Å². The molecule has 5 aromatic rings. The molecule has 0 saturated heterocycles. The van der Waals surface area contributed by atoms with Crippen LogP contribution in [0.15, 0.2) is 89.5 Å². The molecule has 3 heteroatoms. The number of fused-ring (bicyclic) bond motifs is 3. The largest absolute Gasteiger partial charge is 0.354 e. The number of halogens is 1. The highest BCUT2D eigenvalue weighted by Gasteiger charge is 2.10. The van der Waals surface area contributed by atoms with Crippen molar-refractivity contribution >= 4 is 37.7 Å². The first-order valence-corrected chi connectivity index (χ1v) is 9.32. The van der Waals surface area contributed by atoms with Crippen molar-refractivity contribution < 1.29 is 0 Å². The fourth-order valence-corrected chi connectivity index (χ4v) is 3.87. The van der Waals surface area contributed by atoms with Gasteiger partial charge in [0.05, 0.1) is 11.2 Å². The molecule has 3 aromatic carbocycles. The molecule has 2 nitrogen and oxygen atoms in total. The Morgan fingerprint density at radius 2 is 1.46 bits per heavy atom. The molecule has 2 heterocycles. The van der Waals surface area contributed by atoms with E-state index >= 15 is 0 Å². The predicted octanol–water partition coefficient (Wildman–Crippen LogP) is 6.81. The Bertz CT molecular complexity index is 1250. The Labute approximate surface area is 159 Å². The Morgan fingerprint density at radius 3 is 2.38 bits per heavy atom. The van der Waals surface area contributed by atoms with Gasteiger partial charge in [-0.1, -0.05) is 60.7 Å². The number of pyridine rings is 1. The number of rotatable bonds is 2. The number of aromatic nitrogens is 2. The maximum absolute atomic E-state index is 4.58. The van der Waals surface area contributed by atoms with Gasteiger partial charge in [0.1, 0.15) is 4.60 Å². The number of para-hydroxylation sites is 2. The lowest BCUT2D eigenvalue weighted by molar-refractivity contribution is 1.28. The van der Waals surface area contributed by atoms with E-state index in [9.17, 15) is 0 Å². The molecule has 2 aromatic heterocycles. The van der Waals surface area contributed by atoms with Crippen LogP contribution in [0.4, 0.5) is 0 Å². The van der Waals surface area contributed by atoms with Crippen LogP contribution >= 0.6 is 15.9 Å². The van der Waals surface area contributed by atoms with E-state index in [1.54, 1.807) is 0 Å². The maximum Gasteiger partial charge on any atom is 0.106 e. The zero-order valence-corrected chi connectivity index (χ0v) is 15.5. The third kappa shape index (κ3) is 2.52. The molecule has 0 fully saturated rings. The van der Waals surface area contributed by atoms with Gasteiger partial charge in [0, 0.05) is 27.4 Å².